The molecule has 1 heterocycles. The molecule has 0 aromatic heterocycles. The second-order valence-corrected chi connectivity index (χ2v) is 4.64. The number of rotatable bonds is 5. The van der Waals surface area contributed by atoms with Crippen molar-refractivity contribution in [2.75, 3.05) is 32.4 Å². The summed E-state index contributed by atoms with van der Waals surface area (Å²) in [7, 11) is 0. The molecule has 6 nitrogen and oxygen atoms in total. The number of esters is 1. The van der Waals surface area contributed by atoms with Gasteiger partial charge in [-0.2, -0.15) is 0 Å². The van der Waals surface area contributed by atoms with Gasteiger partial charge in [0.05, 0.1) is 13.2 Å². The number of hydrogen-bond donors (Lipinski definition) is 0. The fourth-order valence-corrected chi connectivity index (χ4v) is 1.62. The molecule has 102 valence electrons. The van der Waals surface area contributed by atoms with Crippen LogP contribution < -0.4 is 0 Å². The first-order chi connectivity index (χ1) is 8.59. The van der Waals surface area contributed by atoms with Crippen LogP contribution in [0.5, 0.6) is 0 Å². The molecule has 1 fully saturated rings. The zero-order valence-electron chi connectivity index (χ0n) is 10.2. The van der Waals surface area contributed by atoms with Crippen LogP contribution in [-0.4, -0.2) is 49.7 Å². The highest BCUT2D eigenvalue weighted by Crippen LogP contribution is 2.10. The second-order valence-electron chi connectivity index (χ2n) is 3.61. The predicted molar refractivity (Wildman–Crippen MR) is 65.3 cm³/mol. The maximum atomic E-state index is 11.4. The minimum atomic E-state index is -0.460. The van der Waals surface area contributed by atoms with Gasteiger partial charge in [0.25, 0.3) is 0 Å². The molecule has 1 aliphatic heterocycles. The van der Waals surface area contributed by atoms with E-state index in [-0.39, 0.29) is 19.5 Å². The van der Waals surface area contributed by atoms with Gasteiger partial charge in [0, 0.05) is 11.3 Å². The molecule has 0 N–H and O–H groups in total. The summed E-state index contributed by atoms with van der Waals surface area (Å²) in [6.07, 6.45) is -0.364. The van der Waals surface area contributed by atoms with E-state index in [4.69, 9.17) is 18.9 Å². The van der Waals surface area contributed by atoms with E-state index in [0.29, 0.717) is 24.5 Å². The van der Waals surface area contributed by atoms with E-state index >= 15 is 0 Å². The Kier molecular flexibility index (Phi) is 6.77. The number of carbonyl (C=O) groups excluding carboxylic acids is 2. The molecular formula is C11H16O6S. The van der Waals surface area contributed by atoms with Crippen LogP contribution in [0.4, 0.5) is 4.79 Å². The Bertz CT molecular complexity index is 311. The van der Waals surface area contributed by atoms with E-state index in [1.54, 1.807) is 6.92 Å². The molecule has 7 heteroatoms. The Balaban J connectivity index is 2.06. The molecule has 0 aromatic rings. The van der Waals surface area contributed by atoms with Gasteiger partial charge < -0.3 is 18.9 Å². The minimum Gasteiger partial charge on any atom is -0.461 e. The maximum Gasteiger partial charge on any atom is 0.367 e. The standard InChI is InChI=1S/C11H16O6S/c1-8(2)10(12)16-3-4-18-11(13)17-9-5-14-7-15-6-9/h9H,1,3-7H2,2H3. The molecule has 0 aromatic carbocycles. The van der Waals surface area contributed by atoms with Crippen LogP contribution in [0.2, 0.25) is 0 Å². The Hall–Kier alpha value is -1.05. The average molecular weight is 276 g/mol. The van der Waals surface area contributed by atoms with E-state index in [9.17, 15) is 9.59 Å². The molecule has 0 saturated carbocycles. The van der Waals surface area contributed by atoms with Crippen LogP contribution in [0.3, 0.4) is 0 Å². The van der Waals surface area contributed by atoms with Crippen molar-refractivity contribution in [2.24, 2.45) is 0 Å². The minimum absolute atomic E-state index is 0.142. The van der Waals surface area contributed by atoms with Gasteiger partial charge in [0.15, 0.2) is 0 Å². The van der Waals surface area contributed by atoms with Crippen LogP contribution in [0.1, 0.15) is 6.92 Å². The molecule has 0 unspecified atom stereocenters. The van der Waals surface area contributed by atoms with Crippen molar-refractivity contribution in [2.45, 2.75) is 13.0 Å². The zero-order valence-corrected chi connectivity index (χ0v) is 11.0. The van der Waals surface area contributed by atoms with Crippen molar-refractivity contribution in [3.8, 4) is 0 Å². The number of hydrogen-bond acceptors (Lipinski definition) is 7. The van der Waals surface area contributed by atoms with Crippen LogP contribution in [-0.2, 0) is 23.7 Å². The van der Waals surface area contributed by atoms with Crippen molar-refractivity contribution in [1.29, 1.82) is 0 Å². The van der Waals surface area contributed by atoms with E-state index in [1.165, 1.54) is 0 Å². The molecule has 1 saturated heterocycles. The van der Waals surface area contributed by atoms with E-state index in [2.05, 4.69) is 6.58 Å². The Morgan fingerprint density at radius 1 is 1.39 bits per heavy atom. The van der Waals surface area contributed by atoms with Crippen molar-refractivity contribution in [3.63, 3.8) is 0 Å². The molecule has 0 aliphatic carbocycles. The summed E-state index contributed by atoms with van der Waals surface area (Å²) in [5.74, 6) is -0.121. The first-order valence-corrected chi connectivity index (χ1v) is 6.39. The van der Waals surface area contributed by atoms with Crippen LogP contribution in [0.25, 0.3) is 0 Å². The third-order valence-electron chi connectivity index (χ3n) is 1.92. The summed E-state index contributed by atoms with van der Waals surface area (Å²) in [5.41, 5.74) is 0.332. The SMILES string of the molecule is C=C(C)C(=O)OCCSC(=O)OC1COCOC1. The van der Waals surface area contributed by atoms with E-state index < -0.39 is 11.3 Å². The lowest BCUT2D eigenvalue weighted by Gasteiger charge is -2.21. The molecule has 0 atom stereocenters. The molecular weight excluding hydrogens is 260 g/mol. The molecule has 18 heavy (non-hydrogen) atoms. The number of thioether (sulfide) groups is 1. The van der Waals surface area contributed by atoms with Gasteiger partial charge in [-0.25, -0.2) is 9.59 Å². The monoisotopic (exact) mass is 276 g/mol. The lowest BCUT2D eigenvalue weighted by Crippen LogP contribution is -2.32. The lowest BCUT2D eigenvalue weighted by molar-refractivity contribution is -0.149. The topological polar surface area (TPSA) is 71.1 Å². The second kappa shape index (κ2) is 8.12. The largest absolute Gasteiger partial charge is 0.461 e. The summed E-state index contributed by atoms with van der Waals surface area (Å²) in [5, 5.41) is -0.430. The molecule has 0 radical (unpaired) electrons. The lowest BCUT2D eigenvalue weighted by atomic mass is 10.4. The third kappa shape index (κ3) is 6.04. The molecule has 0 spiro atoms. The summed E-state index contributed by atoms with van der Waals surface area (Å²) in [6, 6.07) is 0. The summed E-state index contributed by atoms with van der Waals surface area (Å²) in [6.45, 7) is 6.07. The predicted octanol–water partition coefficient (Wildman–Crippen LogP) is 1.35. The van der Waals surface area contributed by atoms with Crippen LogP contribution in [0, 0.1) is 0 Å². The highest BCUT2D eigenvalue weighted by molar-refractivity contribution is 8.13. The summed E-state index contributed by atoms with van der Waals surface area (Å²) in [4.78, 5) is 22.4. The summed E-state index contributed by atoms with van der Waals surface area (Å²) >= 11 is 0.945. The Morgan fingerprint density at radius 2 is 2.06 bits per heavy atom. The van der Waals surface area contributed by atoms with Crippen LogP contribution in [0.15, 0.2) is 12.2 Å². The van der Waals surface area contributed by atoms with Gasteiger partial charge >= 0.3 is 11.3 Å². The van der Waals surface area contributed by atoms with Crippen molar-refractivity contribution in [1.82, 2.24) is 0 Å². The van der Waals surface area contributed by atoms with Crippen LogP contribution >= 0.6 is 11.8 Å². The fourth-order valence-electron chi connectivity index (χ4n) is 1.09. The third-order valence-corrected chi connectivity index (χ3v) is 2.62. The van der Waals surface area contributed by atoms with Gasteiger partial charge in [-0.3, -0.25) is 0 Å². The van der Waals surface area contributed by atoms with E-state index in [1.807, 2.05) is 0 Å². The normalized spacial score (nSPS) is 16.1. The number of carbonyl (C=O) groups is 2. The summed E-state index contributed by atoms with van der Waals surface area (Å²) < 4.78 is 19.8. The quantitative estimate of drug-likeness (QED) is 0.426. The molecule has 0 bridgehead atoms. The Morgan fingerprint density at radius 3 is 2.67 bits per heavy atom. The highest BCUT2D eigenvalue weighted by atomic mass is 32.2. The first kappa shape index (κ1) is 15.0. The number of ether oxygens (including phenoxy) is 4. The fraction of sp³-hybridized carbons (Fsp3) is 0.636. The van der Waals surface area contributed by atoms with Gasteiger partial charge in [0.2, 0.25) is 0 Å². The molecule has 0 amide bonds. The highest BCUT2D eigenvalue weighted by Gasteiger charge is 2.19. The van der Waals surface area contributed by atoms with Gasteiger partial charge in [-0.15, -0.1) is 0 Å². The maximum absolute atomic E-state index is 11.4. The van der Waals surface area contributed by atoms with Gasteiger partial charge in [-0.05, 0) is 18.7 Å². The zero-order chi connectivity index (χ0) is 13.4. The average Bonchev–Trinajstić information content (AvgIpc) is 2.35. The van der Waals surface area contributed by atoms with Gasteiger partial charge in [-0.1, -0.05) is 6.58 Å². The van der Waals surface area contributed by atoms with Crippen molar-refractivity contribution in [3.05, 3.63) is 12.2 Å². The van der Waals surface area contributed by atoms with Gasteiger partial charge in [0.1, 0.15) is 19.5 Å². The van der Waals surface area contributed by atoms with E-state index in [0.717, 1.165) is 11.8 Å². The first-order valence-electron chi connectivity index (χ1n) is 5.41. The molecule has 1 rings (SSSR count). The molecule has 1 aliphatic rings. The smallest absolute Gasteiger partial charge is 0.367 e. The van der Waals surface area contributed by atoms with Crippen molar-refractivity contribution >= 4 is 23.0 Å². The Labute approximate surface area is 110 Å². The van der Waals surface area contributed by atoms with Crippen molar-refractivity contribution < 1.29 is 28.5 Å².